The number of pyridine rings is 1. The number of hydrogen-bond donors (Lipinski definition) is 1. The Hall–Kier alpha value is -1.84. The fourth-order valence-corrected chi connectivity index (χ4v) is 1.68. The summed E-state index contributed by atoms with van der Waals surface area (Å²) in [6, 6.07) is 5.12. The summed E-state index contributed by atoms with van der Waals surface area (Å²) in [5.74, 6) is -0.454. The van der Waals surface area contributed by atoms with E-state index >= 15 is 0 Å². The van der Waals surface area contributed by atoms with E-state index in [1.165, 1.54) is 17.8 Å². The van der Waals surface area contributed by atoms with E-state index in [4.69, 9.17) is 0 Å². The minimum atomic E-state index is -0.454. The standard InChI is InChI=1S/C13H16FN3/c1-2-6-17-7-5-11(10-17)8-15-12-3-4-13(14)16-9-12/h3-5,7,9-10,15H,2,6,8H2,1H3. The first-order valence-electron chi connectivity index (χ1n) is 5.78. The fraction of sp³-hybridized carbons (Fsp3) is 0.308. The van der Waals surface area contributed by atoms with E-state index in [1.807, 2.05) is 0 Å². The van der Waals surface area contributed by atoms with Crippen LogP contribution in [0.4, 0.5) is 10.1 Å². The lowest BCUT2D eigenvalue weighted by atomic mass is 10.3. The van der Waals surface area contributed by atoms with Crippen LogP contribution in [-0.2, 0) is 13.1 Å². The van der Waals surface area contributed by atoms with Crippen LogP contribution in [0.25, 0.3) is 0 Å². The molecule has 0 aliphatic rings. The Kier molecular flexibility index (Phi) is 3.75. The second-order valence-corrected chi connectivity index (χ2v) is 3.98. The molecule has 0 spiro atoms. The first-order chi connectivity index (χ1) is 8.28. The van der Waals surface area contributed by atoms with Gasteiger partial charge in [0, 0.05) is 25.5 Å². The monoisotopic (exact) mass is 233 g/mol. The van der Waals surface area contributed by atoms with Crippen LogP contribution >= 0.6 is 0 Å². The highest BCUT2D eigenvalue weighted by Gasteiger charge is 1.98. The van der Waals surface area contributed by atoms with Crippen LogP contribution in [0.1, 0.15) is 18.9 Å². The third-order valence-electron chi connectivity index (χ3n) is 2.52. The van der Waals surface area contributed by atoms with Crippen LogP contribution in [-0.4, -0.2) is 9.55 Å². The van der Waals surface area contributed by atoms with Gasteiger partial charge in [-0.3, -0.25) is 0 Å². The number of rotatable bonds is 5. The average molecular weight is 233 g/mol. The van der Waals surface area contributed by atoms with Crippen molar-refractivity contribution in [2.45, 2.75) is 26.4 Å². The van der Waals surface area contributed by atoms with Crippen molar-refractivity contribution in [2.75, 3.05) is 5.32 Å². The molecule has 0 aliphatic carbocycles. The molecule has 0 fully saturated rings. The number of nitrogens with zero attached hydrogens (tertiary/aromatic N) is 2. The van der Waals surface area contributed by atoms with E-state index in [-0.39, 0.29) is 0 Å². The van der Waals surface area contributed by atoms with Gasteiger partial charge in [-0.25, -0.2) is 4.98 Å². The second-order valence-electron chi connectivity index (χ2n) is 3.98. The van der Waals surface area contributed by atoms with Crippen molar-refractivity contribution in [3.63, 3.8) is 0 Å². The molecule has 2 aromatic heterocycles. The molecular formula is C13H16FN3. The minimum absolute atomic E-state index is 0.454. The Labute approximate surface area is 100 Å². The van der Waals surface area contributed by atoms with E-state index in [2.05, 4.69) is 40.3 Å². The van der Waals surface area contributed by atoms with Gasteiger partial charge in [-0.2, -0.15) is 4.39 Å². The van der Waals surface area contributed by atoms with Crippen LogP contribution in [0.3, 0.4) is 0 Å². The zero-order valence-corrected chi connectivity index (χ0v) is 9.86. The van der Waals surface area contributed by atoms with E-state index in [1.54, 1.807) is 6.07 Å². The number of anilines is 1. The molecule has 0 radical (unpaired) electrons. The molecule has 0 saturated heterocycles. The summed E-state index contributed by atoms with van der Waals surface area (Å²) < 4.78 is 14.8. The number of nitrogens with one attached hydrogen (secondary N) is 1. The van der Waals surface area contributed by atoms with Crippen molar-refractivity contribution in [2.24, 2.45) is 0 Å². The Bertz CT molecular complexity index is 462. The summed E-state index contributed by atoms with van der Waals surface area (Å²) in [7, 11) is 0. The lowest BCUT2D eigenvalue weighted by molar-refractivity contribution is 0.584. The molecule has 0 saturated carbocycles. The normalized spacial score (nSPS) is 10.5. The van der Waals surface area contributed by atoms with Gasteiger partial charge in [-0.15, -0.1) is 0 Å². The molecule has 0 aliphatic heterocycles. The second kappa shape index (κ2) is 5.48. The molecule has 0 amide bonds. The zero-order chi connectivity index (χ0) is 12.1. The molecule has 2 heterocycles. The minimum Gasteiger partial charge on any atom is -0.380 e. The summed E-state index contributed by atoms with van der Waals surface area (Å²) in [6.45, 7) is 3.92. The molecule has 0 bridgehead atoms. The topological polar surface area (TPSA) is 29.9 Å². The summed E-state index contributed by atoms with van der Waals surface area (Å²) in [4.78, 5) is 3.59. The van der Waals surface area contributed by atoms with Gasteiger partial charge in [0.15, 0.2) is 0 Å². The summed E-state index contributed by atoms with van der Waals surface area (Å²) in [5.41, 5.74) is 2.04. The van der Waals surface area contributed by atoms with Crippen LogP contribution < -0.4 is 5.32 Å². The molecule has 2 aromatic rings. The van der Waals surface area contributed by atoms with Crippen LogP contribution in [0.15, 0.2) is 36.8 Å². The first kappa shape index (κ1) is 11.6. The third-order valence-corrected chi connectivity index (χ3v) is 2.52. The molecule has 4 heteroatoms. The molecule has 90 valence electrons. The van der Waals surface area contributed by atoms with Gasteiger partial charge in [0.25, 0.3) is 0 Å². The Morgan fingerprint density at radius 1 is 1.35 bits per heavy atom. The van der Waals surface area contributed by atoms with Crippen LogP contribution in [0.2, 0.25) is 0 Å². The van der Waals surface area contributed by atoms with E-state index in [0.29, 0.717) is 0 Å². The van der Waals surface area contributed by atoms with Crippen LogP contribution in [0.5, 0.6) is 0 Å². The molecule has 1 N–H and O–H groups in total. The fourth-order valence-electron chi connectivity index (χ4n) is 1.68. The van der Waals surface area contributed by atoms with Gasteiger partial charge in [0.1, 0.15) is 0 Å². The van der Waals surface area contributed by atoms with Crippen molar-refractivity contribution in [3.8, 4) is 0 Å². The summed E-state index contributed by atoms with van der Waals surface area (Å²) >= 11 is 0. The molecular weight excluding hydrogens is 217 g/mol. The highest BCUT2D eigenvalue weighted by Crippen LogP contribution is 2.09. The smallest absolute Gasteiger partial charge is 0.212 e. The summed E-state index contributed by atoms with van der Waals surface area (Å²) in [5, 5.41) is 3.20. The SMILES string of the molecule is CCCn1ccc(CNc2ccc(F)nc2)c1. The molecule has 0 unspecified atom stereocenters. The van der Waals surface area contributed by atoms with Gasteiger partial charge in [0.2, 0.25) is 5.95 Å². The predicted molar refractivity (Wildman–Crippen MR) is 66.2 cm³/mol. The summed E-state index contributed by atoms with van der Waals surface area (Å²) in [6.07, 6.45) is 6.82. The van der Waals surface area contributed by atoms with Gasteiger partial charge < -0.3 is 9.88 Å². The predicted octanol–water partition coefficient (Wildman–Crippen LogP) is 3.04. The first-order valence-corrected chi connectivity index (χ1v) is 5.78. The van der Waals surface area contributed by atoms with Gasteiger partial charge in [0.05, 0.1) is 11.9 Å². The zero-order valence-electron chi connectivity index (χ0n) is 9.86. The maximum Gasteiger partial charge on any atom is 0.212 e. The Morgan fingerprint density at radius 3 is 2.94 bits per heavy atom. The van der Waals surface area contributed by atoms with Crippen molar-refractivity contribution in [1.82, 2.24) is 9.55 Å². The van der Waals surface area contributed by atoms with Gasteiger partial charge in [-0.1, -0.05) is 6.92 Å². The highest BCUT2D eigenvalue weighted by atomic mass is 19.1. The van der Waals surface area contributed by atoms with Gasteiger partial charge in [-0.05, 0) is 30.2 Å². The number of hydrogen-bond acceptors (Lipinski definition) is 2. The lowest BCUT2D eigenvalue weighted by Gasteiger charge is -2.04. The Balaban J connectivity index is 1.90. The van der Waals surface area contributed by atoms with E-state index in [0.717, 1.165) is 25.2 Å². The van der Waals surface area contributed by atoms with Crippen molar-refractivity contribution in [1.29, 1.82) is 0 Å². The highest BCUT2D eigenvalue weighted by molar-refractivity contribution is 5.40. The molecule has 17 heavy (non-hydrogen) atoms. The maximum absolute atomic E-state index is 12.6. The van der Waals surface area contributed by atoms with Crippen molar-refractivity contribution in [3.05, 3.63) is 48.3 Å². The quantitative estimate of drug-likeness (QED) is 0.804. The number of aromatic nitrogens is 2. The number of halogens is 1. The molecule has 0 atom stereocenters. The maximum atomic E-state index is 12.6. The lowest BCUT2D eigenvalue weighted by Crippen LogP contribution is -1.99. The van der Waals surface area contributed by atoms with Crippen molar-refractivity contribution >= 4 is 5.69 Å². The third kappa shape index (κ3) is 3.31. The van der Waals surface area contributed by atoms with E-state index in [9.17, 15) is 4.39 Å². The van der Waals surface area contributed by atoms with Gasteiger partial charge >= 0.3 is 0 Å². The van der Waals surface area contributed by atoms with Crippen molar-refractivity contribution < 1.29 is 4.39 Å². The Morgan fingerprint density at radius 2 is 2.24 bits per heavy atom. The van der Waals surface area contributed by atoms with E-state index < -0.39 is 5.95 Å². The number of aryl methyl sites for hydroxylation is 1. The molecule has 2 rings (SSSR count). The van der Waals surface area contributed by atoms with Crippen LogP contribution in [0, 0.1) is 5.95 Å². The molecule has 3 nitrogen and oxygen atoms in total. The molecule has 0 aromatic carbocycles. The average Bonchev–Trinajstić information content (AvgIpc) is 2.77. The largest absolute Gasteiger partial charge is 0.380 e.